The summed E-state index contributed by atoms with van der Waals surface area (Å²) in [5, 5.41) is 7.26. The molecule has 1 N–H and O–H groups in total. The van der Waals surface area contributed by atoms with Crippen LogP contribution in [0.25, 0.3) is 0 Å². The van der Waals surface area contributed by atoms with Crippen LogP contribution in [0.5, 0.6) is 0 Å². The number of benzene rings is 1. The fraction of sp³-hybridized carbons (Fsp3) is 0.542. The Morgan fingerprint density at radius 2 is 1.87 bits per heavy atom. The topological polar surface area (TPSA) is 72.5 Å². The Balaban J connectivity index is 1.40. The van der Waals surface area contributed by atoms with E-state index in [0.717, 1.165) is 43.7 Å². The number of carbonyl (C=O) groups is 2. The van der Waals surface area contributed by atoms with Crippen LogP contribution in [-0.2, 0) is 11.3 Å². The van der Waals surface area contributed by atoms with E-state index < -0.39 is 0 Å². The van der Waals surface area contributed by atoms with Crippen LogP contribution in [0.15, 0.2) is 36.5 Å². The van der Waals surface area contributed by atoms with Crippen molar-refractivity contribution in [3.8, 4) is 0 Å². The van der Waals surface area contributed by atoms with Crippen molar-refractivity contribution in [1.82, 2.24) is 24.9 Å². The molecule has 0 aliphatic carbocycles. The first kappa shape index (κ1) is 21.6. The van der Waals surface area contributed by atoms with Crippen LogP contribution in [-0.4, -0.2) is 76.5 Å². The quantitative estimate of drug-likeness (QED) is 0.776. The first-order chi connectivity index (χ1) is 15.1. The van der Waals surface area contributed by atoms with Gasteiger partial charge in [-0.1, -0.05) is 36.8 Å². The van der Waals surface area contributed by atoms with Crippen molar-refractivity contribution in [2.24, 2.45) is 0 Å². The number of piperidine rings is 2. The molecule has 0 saturated carbocycles. The van der Waals surface area contributed by atoms with Gasteiger partial charge >= 0.3 is 0 Å². The maximum absolute atomic E-state index is 13.1. The predicted octanol–water partition coefficient (Wildman–Crippen LogP) is 2.87. The van der Waals surface area contributed by atoms with E-state index in [1.807, 2.05) is 42.3 Å². The molecule has 1 aromatic heterocycles. The average Bonchev–Trinajstić information content (AvgIpc) is 3.30. The minimum atomic E-state index is -0.0376. The van der Waals surface area contributed by atoms with Crippen LogP contribution in [0.4, 0.5) is 0 Å². The molecule has 166 valence electrons. The lowest BCUT2D eigenvalue weighted by Crippen LogP contribution is -2.46. The highest BCUT2D eigenvalue weighted by molar-refractivity contribution is 5.95. The molecule has 0 radical (unpaired) electrons. The molecule has 3 heterocycles. The van der Waals surface area contributed by atoms with Gasteiger partial charge in [0.2, 0.25) is 5.91 Å². The van der Waals surface area contributed by atoms with Crippen LogP contribution in [0.3, 0.4) is 0 Å². The highest BCUT2D eigenvalue weighted by Crippen LogP contribution is 2.29. The Labute approximate surface area is 184 Å². The van der Waals surface area contributed by atoms with E-state index in [4.69, 9.17) is 0 Å². The van der Waals surface area contributed by atoms with E-state index in [-0.39, 0.29) is 17.7 Å². The van der Waals surface area contributed by atoms with Crippen molar-refractivity contribution in [2.45, 2.75) is 44.6 Å². The summed E-state index contributed by atoms with van der Waals surface area (Å²) in [4.78, 5) is 32.0. The fourth-order valence-corrected chi connectivity index (χ4v) is 4.76. The maximum Gasteiger partial charge on any atom is 0.257 e. The summed E-state index contributed by atoms with van der Waals surface area (Å²) in [6.07, 6.45) is 7.18. The number of hydrogen-bond acceptors (Lipinski definition) is 4. The van der Waals surface area contributed by atoms with E-state index in [9.17, 15) is 9.59 Å². The van der Waals surface area contributed by atoms with Crippen LogP contribution in [0, 0.1) is 0 Å². The van der Waals surface area contributed by atoms with Gasteiger partial charge in [-0.25, -0.2) is 0 Å². The number of carbonyl (C=O) groups excluding carboxylic acids is 2. The summed E-state index contributed by atoms with van der Waals surface area (Å²) in [5.74, 6) is 0.287. The standard InChI is InChI=1S/C24H33N5O2/c1-27(16-19-9-4-2-5-10-19)24(31)21-15-25-26-23(21)20-11-8-14-29(17-20)22(30)18-28-12-6-3-7-13-28/h2,4-5,9-10,15,20H,3,6-8,11-14,16-18H2,1H3,(H,25,26)/t20-/m0/s1. The lowest BCUT2D eigenvalue weighted by molar-refractivity contribution is -0.133. The number of amides is 2. The molecule has 4 rings (SSSR count). The van der Waals surface area contributed by atoms with Gasteiger partial charge in [-0.05, 0) is 44.3 Å². The third kappa shape index (κ3) is 5.34. The Morgan fingerprint density at radius 3 is 2.65 bits per heavy atom. The van der Waals surface area contributed by atoms with E-state index in [1.165, 1.54) is 19.3 Å². The smallest absolute Gasteiger partial charge is 0.257 e. The second-order valence-corrected chi connectivity index (χ2v) is 8.86. The number of rotatable bonds is 6. The summed E-state index contributed by atoms with van der Waals surface area (Å²) in [6.45, 7) is 4.56. The summed E-state index contributed by atoms with van der Waals surface area (Å²) in [5.41, 5.74) is 2.57. The monoisotopic (exact) mass is 423 g/mol. The number of likely N-dealkylation sites (tertiary alicyclic amines) is 2. The Hall–Kier alpha value is -2.67. The molecule has 1 aromatic carbocycles. The molecule has 2 aromatic rings. The molecular weight excluding hydrogens is 390 g/mol. The van der Waals surface area contributed by atoms with Crippen LogP contribution in [0.1, 0.15) is 59.6 Å². The van der Waals surface area contributed by atoms with Crippen LogP contribution in [0.2, 0.25) is 0 Å². The molecule has 2 fully saturated rings. The van der Waals surface area contributed by atoms with E-state index in [1.54, 1.807) is 11.1 Å². The predicted molar refractivity (Wildman–Crippen MR) is 120 cm³/mol. The van der Waals surface area contributed by atoms with Gasteiger partial charge in [0.1, 0.15) is 0 Å². The third-order valence-corrected chi connectivity index (χ3v) is 6.50. The second kappa shape index (κ2) is 10.1. The molecule has 7 nitrogen and oxygen atoms in total. The van der Waals surface area contributed by atoms with Crippen molar-refractivity contribution < 1.29 is 9.59 Å². The van der Waals surface area contributed by atoms with Gasteiger partial charge in [0, 0.05) is 32.6 Å². The fourth-order valence-electron chi connectivity index (χ4n) is 4.76. The molecule has 1 atom stereocenters. The summed E-state index contributed by atoms with van der Waals surface area (Å²) < 4.78 is 0. The zero-order chi connectivity index (χ0) is 21.6. The molecule has 7 heteroatoms. The van der Waals surface area contributed by atoms with Crippen molar-refractivity contribution in [1.29, 1.82) is 0 Å². The first-order valence-electron chi connectivity index (χ1n) is 11.4. The highest BCUT2D eigenvalue weighted by Gasteiger charge is 2.30. The summed E-state index contributed by atoms with van der Waals surface area (Å²) in [7, 11) is 1.82. The molecular formula is C24H33N5O2. The number of hydrogen-bond donors (Lipinski definition) is 1. The lowest BCUT2D eigenvalue weighted by Gasteiger charge is -2.35. The van der Waals surface area contributed by atoms with Gasteiger partial charge in [-0.15, -0.1) is 0 Å². The van der Waals surface area contributed by atoms with Crippen molar-refractivity contribution >= 4 is 11.8 Å². The van der Waals surface area contributed by atoms with Crippen LogP contribution < -0.4 is 0 Å². The summed E-state index contributed by atoms with van der Waals surface area (Å²) >= 11 is 0. The largest absolute Gasteiger partial charge is 0.341 e. The zero-order valence-electron chi connectivity index (χ0n) is 18.4. The molecule has 31 heavy (non-hydrogen) atoms. The van der Waals surface area contributed by atoms with Gasteiger partial charge in [-0.3, -0.25) is 19.6 Å². The minimum Gasteiger partial charge on any atom is -0.341 e. The van der Waals surface area contributed by atoms with E-state index in [2.05, 4.69) is 15.1 Å². The van der Waals surface area contributed by atoms with Crippen molar-refractivity contribution in [3.05, 3.63) is 53.3 Å². The number of nitrogens with zero attached hydrogens (tertiary/aromatic N) is 4. The summed E-state index contributed by atoms with van der Waals surface area (Å²) in [6, 6.07) is 9.98. The van der Waals surface area contributed by atoms with Crippen molar-refractivity contribution in [2.75, 3.05) is 39.8 Å². The van der Waals surface area contributed by atoms with Gasteiger partial charge in [0.15, 0.2) is 0 Å². The van der Waals surface area contributed by atoms with E-state index >= 15 is 0 Å². The molecule has 0 unspecified atom stereocenters. The molecule has 2 aliphatic rings. The molecule has 2 amide bonds. The normalized spacial score (nSPS) is 19.9. The van der Waals surface area contributed by atoms with Crippen molar-refractivity contribution in [3.63, 3.8) is 0 Å². The third-order valence-electron chi connectivity index (χ3n) is 6.50. The number of nitrogens with one attached hydrogen (secondary N) is 1. The van der Waals surface area contributed by atoms with Crippen LogP contribution >= 0.6 is 0 Å². The maximum atomic E-state index is 13.1. The zero-order valence-corrected chi connectivity index (χ0v) is 18.4. The Bertz CT molecular complexity index is 875. The molecule has 2 aliphatic heterocycles. The Kier molecular flexibility index (Phi) is 7.02. The van der Waals surface area contributed by atoms with Gasteiger partial charge < -0.3 is 9.80 Å². The SMILES string of the molecule is CN(Cc1ccccc1)C(=O)c1cn[nH]c1[C@H]1CCCN(C(=O)CN2CCCCC2)C1. The van der Waals surface area contributed by atoms with E-state index in [0.29, 0.717) is 25.2 Å². The number of H-pyrrole nitrogens is 1. The second-order valence-electron chi connectivity index (χ2n) is 8.86. The van der Waals surface area contributed by atoms with Gasteiger partial charge in [0.25, 0.3) is 5.91 Å². The lowest BCUT2D eigenvalue weighted by atomic mass is 9.92. The molecule has 0 spiro atoms. The number of aromatic nitrogens is 2. The number of aromatic amines is 1. The Morgan fingerprint density at radius 1 is 1.10 bits per heavy atom. The molecule has 2 saturated heterocycles. The van der Waals surface area contributed by atoms with Gasteiger partial charge in [-0.2, -0.15) is 5.10 Å². The first-order valence-corrected chi connectivity index (χ1v) is 11.4. The van der Waals surface area contributed by atoms with Gasteiger partial charge in [0.05, 0.1) is 24.0 Å². The highest BCUT2D eigenvalue weighted by atomic mass is 16.2. The molecule has 0 bridgehead atoms. The minimum absolute atomic E-state index is 0.0376. The average molecular weight is 424 g/mol.